The number of piperazine rings is 1. The van der Waals surface area contributed by atoms with Crippen LogP contribution in [-0.4, -0.2) is 50.3 Å². The SMILES string of the molecule is COc1ccc(OC)c(CN2CCN(c3ccc(C#N)nc3)CC2)c1. The summed E-state index contributed by atoms with van der Waals surface area (Å²) in [4.78, 5) is 8.86. The average molecular weight is 338 g/mol. The number of ether oxygens (including phenoxy) is 2. The van der Waals surface area contributed by atoms with Crippen LogP contribution in [0.2, 0.25) is 0 Å². The van der Waals surface area contributed by atoms with E-state index in [2.05, 4.69) is 20.9 Å². The lowest BCUT2D eigenvalue weighted by Gasteiger charge is -2.36. The number of hydrogen-bond donors (Lipinski definition) is 0. The molecular formula is C19H22N4O2. The fourth-order valence-corrected chi connectivity index (χ4v) is 3.05. The Hall–Kier alpha value is -2.78. The lowest BCUT2D eigenvalue weighted by Crippen LogP contribution is -2.46. The van der Waals surface area contributed by atoms with Gasteiger partial charge >= 0.3 is 0 Å². The van der Waals surface area contributed by atoms with Crippen molar-refractivity contribution in [3.05, 3.63) is 47.8 Å². The molecule has 0 amide bonds. The second-order valence-corrected chi connectivity index (χ2v) is 5.95. The van der Waals surface area contributed by atoms with Gasteiger partial charge in [-0.2, -0.15) is 5.26 Å². The maximum absolute atomic E-state index is 8.84. The van der Waals surface area contributed by atoms with Crippen molar-refractivity contribution < 1.29 is 9.47 Å². The van der Waals surface area contributed by atoms with Gasteiger partial charge in [0.25, 0.3) is 0 Å². The summed E-state index contributed by atoms with van der Waals surface area (Å²) in [5.41, 5.74) is 2.65. The van der Waals surface area contributed by atoms with Crippen LogP contribution in [0.1, 0.15) is 11.3 Å². The summed E-state index contributed by atoms with van der Waals surface area (Å²) < 4.78 is 10.8. The number of anilines is 1. The highest BCUT2D eigenvalue weighted by Crippen LogP contribution is 2.26. The minimum Gasteiger partial charge on any atom is -0.497 e. The van der Waals surface area contributed by atoms with E-state index in [-0.39, 0.29) is 0 Å². The van der Waals surface area contributed by atoms with Crippen LogP contribution in [0.15, 0.2) is 36.5 Å². The van der Waals surface area contributed by atoms with E-state index in [4.69, 9.17) is 14.7 Å². The van der Waals surface area contributed by atoms with E-state index in [0.29, 0.717) is 5.69 Å². The third-order valence-electron chi connectivity index (χ3n) is 4.48. The van der Waals surface area contributed by atoms with Crippen LogP contribution in [0.5, 0.6) is 11.5 Å². The van der Waals surface area contributed by atoms with Crippen molar-refractivity contribution in [1.82, 2.24) is 9.88 Å². The monoisotopic (exact) mass is 338 g/mol. The Morgan fingerprint density at radius 2 is 1.88 bits per heavy atom. The maximum atomic E-state index is 8.84. The van der Waals surface area contributed by atoms with Crippen molar-refractivity contribution in [2.24, 2.45) is 0 Å². The fraction of sp³-hybridized carbons (Fsp3) is 0.368. The van der Waals surface area contributed by atoms with E-state index in [1.54, 1.807) is 26.5 Å². The van der Waals surface area contributed by atoms with Gasteiger partial charge in [0.05, 0.1) is 26.1 Å². The topological polar surface area (TPSA) is 61.6 Å². The first-order chi connectivity index (χ1) is 12.2. The van der Waals surface area contributed by atoms with E-state index < -0.39 is 0 Å². The third kappa shape index (κ3) is 4.01. The number of aromatic nitrogens is 1. The van der Waals surface area contributed by atoms with E-state index in [9.17, 15) is 0 Å². The normalized spacial score (nSPS) is 14.8. The molecule has 0 radical (unpaired) electrons. The van der Waals surface area contributed by atoms with E-state index >= 15 is 0 Å². The predicted molar refractivity (Wildman–Crippen MR) is 96.0 cm³/mol. The number of pyridine rings is 1. The van der Waals surface area contributed by atoms with Gasteiger partial charge < -0.3 is 14.4 Å². The first-order valence-electron chi connectivity index (χ1n) is 8.28. The first-order valence-corrected chi connectivity index (χ1v) is 8.28. The van der Waals surface area contributed by atoms with Crippen LogP contribution >= 0.6 is 0 Å². The fourth-order valence-electron chi connectivity index (χ4n) is 3.05. The van der Waals surface area contributed by atoms with Crippen LogP contribution in [-0.2, 0) is 6.54 Å². The van der Waals surface area contributed by atoms with Gasteiger partial charge in [0.2, 0.25) is 0 Å². The van der Waals surface area contributed by atoms with Crippen molar-refractivity contribution in [2.75, 3.05) is 45.3 Å². The minimum absolute atomic E-state index is 0.451. The summed E-state index contributed by atoms with van der Waals surface area (Å²) in [6, 6.07) is 11.7. The van der Waals surface area contributed by atoms with Crippen LogP contribution in [0, 0.1) is 11.3 Å². The van der Waals surface area contributed by atoms with E-state index in [0.717, 1.165) is 55.5 Å². The van der Waals surface area contributed by atoms with E-state index in [1.165, 1.54) is 0 Å². The number of benzene rings is 1. The van der Waals surface area contributed by atoms with Crippen molar-refractivity contribution >= 4 is 5.69 Å². The molecule has 0 aliphatic carbocycles. The molecule has 0 N–H and O–H groups in total. The van der Waals surface area contributed by atoms with E-state index in [1.807, 2.05) is 24.3 Å². The van der Waals surface area contributed by atoms with Gasteiger partial charge in [-0.25, -0.2) is 4.98 Å². The third-order valence-corrected chi connectivity index (χ3v) is 4.48. The molecule has 1 saturated heterocycles. The van der Waals surface area contributed by atoms with Crippen molar-refractivity contribution in [3.8, 4) is 17.6 Å². The minimum atomic E-state index is 0.451. The first kappa shape index (κ1) is 17.1. The number of hydrogen-bond acceptors (Lipinski definition) is 6. The highest BCUT2D eigenvalue weighted by molar-refractivity contribution is 5.46. The number of nitrogens with zero attached hydrogens (tertiary/aromatic N) is 4. The van der Waals surface area contributed by atoms with Gasteiger partial charge in [-0.15, -0.1) is 0 Å². The maximum Gasteiger partial charge on any atom is 0.140 e. The summed E-state index contributed by atoms with van der Waals surface area (Å²) in [5.74, 6) is 1.73. The summed E-state index contributed by atoms with van der Waals surface area (Å²) in [6.45, 7) is 4.61. The largest absolute Gasteiger partial charge is 0.497 e. The van der Waals surface area contributed by atoms with Crippen molar-refractivity contribution in [2.45, 2.75) is 6.54 Å². The standard InChI is InChI=1S/C19H22N4O2/c1-24-18-5-6-19(25-2)15(11-18)14-22-7-9-23(10-8-22)17-4-3-16(12-20)21-13-17/h3-6,11,13H,7-10,14H2,1-2H3. The molecule has 6 nitrogen and oxygen atoms in total. The molecule has 1 aliphatic heterocycles. The van der Waals surface area contributed by atoms with Gasteiger partial charge in [-0.3, -0.25) is 4.90 Å². The van der Waals surface area contributed by atoms with Crippen LogP contribution in [0.25, 0.3) is 0 Å². The molecule has 1 aromatic carbocycles. The Kier molecular flexibility index (Phi) is 5.36. The lowest BCUT2D eigenvalue weighted by molar-refractivity contribution is 0.245. The molecule has 25 heavy (non-hydrogen) atoms. The molecule has 1 aromatic heterocycles. The highest BCUT2D eigenvalue weighted by atomic mass is 16.5. The smallest absolute Gasteiger partial charge is 0.140 e. The van der Waals surface area contributed by atoms with Crippen LogP contribution in [0.3, 0.4) is 0 Å². The van der Waals surface area contributed by atoms with Gasteiger partial charge in [0.15, 0.2) is 0 Å². The molecule has 3 rings (SSSR count). The summed E-state index contributed by atoms with van der Waals surface area (Å²) in [7, 11) is 3.37. The zero-order valence-electron chi connectivity index (χ0n) is 14.6. The molecule has 130 valence electrons. The molecule has 0 saturated carbocycles. The Bertz CT molecular complexity index is 747. The summed E-state index contributed by atoms with van der Waals surface area (Å²) in [5, 5.41) is 8.84. The van der Waals surface area contributed by atoms with Crippen LogP contribution < -0.4 is 14.4 Å². The van der Waals surface area contributed by atoms with Crippen molar-refractivity contribution in [3.63, 3.8) is 0 Å². The Labute approximate surface area is 148 Å². The number of rotatable bonds is 5. The zero-order valence-corrected chi connectivity index (χ0v) is 14.6. The number of nitriles is 1. The summed E-state index contributed by atoms with van der Waals surface area (Å²) >= 11 is 0. The summed E-state index contributed by atoms with van der Waals surface area (Å²) in [6.07, 6.45) is 1.78. The van der Waals surface area contributed by atoms with Gasteiger partial charge in [0, 0.05) is 38.3 Å². The molecule has 0 bridgehead atoms. The predicted octanol–water partition coefficient (Wildman–Crippen LogP) is 2.29. The number of methoxy groups -OCH3 is 2. The van der Waals surface area contributed by atoms with Crippen LogP contribution in [0.4, 0.5) is 5.69 Å². The average Bonchev–Trinajstić information content (AvgIpc) is 2.68. The van der Waals surface area contributed by atoms with Gasteiger partial charge in [-0.05, 0) is 30.3 Å². The lowest BCUT2D eigenvalue weighted by atomic mass is 10.1. The molecule has 0 atom stereocenters. The quantitative estimate of drug-likeness (QED) is 0.834. The molecule has 2 heterocycles. The van der Waals surface area contributed by atoms with Gasteiger partial charge in [-0.1, -0.05) is 0 Å². The molecule has 0 unspecified atom stereocenters. The second-order valence-electron chi connectivity index (χ2n) is 5.95. The molecule has 1 aliphatic rings. The molecule has 6 heteroatoms. The molecule has 1 fully saturated rings. The molecule has 2 aromatic rings. The second kappa shape index (κ2) is 7.86. The molecular weight excluding hydrogens is 316 g/mol. The zero-order chi connectivity index (χ0) is 17.6. The Morgan fingerprint density at radius 3 is 2.48 bits per heavy atom. The Balaban J connectivity index is 1.62. The Morgan fingerprint density at radius 1 is 1.08 bits per heavy atom. The van der Waals surface area contributed by atoms with Gasteiger partial charge in [0.1, 0.15) is 23.3 Å². The molecule has 0 spiro atoms. The van der Waals surface area contributed by atoms with Crippen molar-refractivity contribution in [1.29, 1.82) is 5.26 Å². The highest BCUT2D eigenvalue weighted by Gasteiger charge is 2.19.